The Morgan fingerprint density at radius 3 is 2.31 bits per heavy atom. The molecule has 0 aromatic heterocycles. The van der Waals surface area contributed by atoms with Crippen LogP contribution in [0.2, 0.25) is 0 Å². The van der Waals surface area contributed by atoms with Crippen molar-refractivity contribution in [2.45, 2.75) is 39.0 Å². The molecule has 2 heteroatoms. The fourth-order valence-electron chi connectivity index (χ4n) is 2.26. The van der Waals surface area contributed by atoms with Gasteiger partial charge in [-0.2, -0.15) is 0 Å². The summed E-state index contributed by atoms with van der Waals surface area (Å²) in [5.74, 6) is 1.71. The van der Waals surface area contributed by atoms with Crippen molar-refractivity contribution < 1.29 is 5.11 Å². The van der Waals surface area contributed by atoms with Crippen molar-refractivity contribution in [3.8, 4) is 0 Å². The largest absolute Gasteiger partial charge is 0.396 e. The van der Waals surface area contributed by atoms with Gasteiger partial charge in [0.1, 0.15) is 0 Å². The molecule has 1 aliphatic rings. The summed E-state index contributed by atoms with van der Waals surface area (Å²) in [6.07, 6.45) is 6.40. The Morgan fingerprint density at radius 2 is 1.77 bits per heavy atom. The van der Waals surface area contributed by atoms with Crippen LogP contribution in [0.15, 0.2) is 0 Å². The molecule has 0 saturated heterocycles. The maximum absolute atomic E-state index is 8.81. The lowest BCUT2D eigenvalue weighted by molar-refractivity contribution is 0.204. The minimum absolute atomic E-state index is 0.378. The molecule has 2 nitrogen and oxygen atoms in total. The molecule has 0 aliphatic heterocycles. The predicted octanol–water partition coefficient (Wildman–Crippen LogP) is 1.78. The van der Waals surface area contributed by atoms with Gasteiger partial charge in [0, 0.05) is 6.61 Å². The van der Waals surface area contributed by atoms with E-state index in [-0.39, 0.29) is 0 Å². The number of aliphatic hydroxyl groups excluding tert-OH is 1. The maximum atomic E-state index is 8.81. The fourth-order valence-corrected chi connectivity index (χ4v) is 2.26. The SMILES string of the molecule is CCNC[C@H]1CC[C@H](CCO)CC1. The Morgan fingerprint density at radius 1 is 1.15 bits per heavy atom. The summed E-state index contributed by atoms with van der Waals surface area (Å²) in [6, 6.07) is 0. The predicted molar refractivity (Wildman–Crippen MR) is 55.7 cm³/mol. The van der Waals surface area contributed by atoms with Crippen molar-refractivity contribution in [2.75, 3.05) is 19.7 Å². The summed E-state index contributed by atoms with van der Waals surface area (Å²) in [6.45, 7) is 4.83. The first-order valence-electron chi connectivity index (χ1n) is 5.68. The molecule has 0 radical (unpaired) electrons. The molecule has 2 N–H and O–H groups in total. The number of aliphatic hydroxyl groups is 1. The van der Waals surface area contributed by atoms with E-state index in [1.54, 1.807) is 0 Å². The highest BCUT2D eigenvalue weighted by molar-refractivity contribution is 4.73. The lowest BCUT2D eigenvalue weighted by atomic mass is 9.80. The van der Waals surface area contributed by atoms with Crippen LogP contribution in [0.1, 0.15) is 39.0 Å². The minimum atomic E-state index is 0.378. The lowest BCUT2D eigenvalue weighted by Crippen LogP contribution is -2.26. The molecule has 13 heavy (non-hydrogen) atoms. The Bertz CT molecular complexity index is 119. The van der Waals surface area contributed by atoms with Crippen molar-refractivity contribution >= 4 is 0 Å². The van der Waals surface area contributed by atoms with Gasteiger partial charge in [0.25, 0.3) is 0 Å². The van der Waals surface area contributed by atoms with Gasteiger partial charge in [0.2, 0.25) is 0 Å². The van der Waals surface area contributed by atoms with Crippen molar-refractivity contribution in [3.63, 3.8) is 0 Å². The highest BCUT2D eigenvalue weighted by Gasteiger charge is 2.19. The first-order valence-corrected chi connectivity index (χ1v) is 5.68. The molecule has 0 aromatic rings. The molecule has 0 spiro atoms. The third kappa shape index (κ3) is 4.10. The molecule has 0 aromatic carbocycles. The number of hydrogen-bond donors (Lipinski definition) is 2. The molecule has 1 fully saturated rings. The standard InChI is InChI=1S/C11H23NO/c1-2-12-9-11-5-3-10(4-6-11)7-8-13/h10-13H,2-9H2,1H3/t10-,11-. The molecular weight excluding hydrogens is 162 g/mol. The molecule has 0 amide bonds. The second kappa shape index (κ2) is 6.39. The lowest BCUT2D eigenvalue weighted by Gasteiger charge is -2.28. The second-order valence-electron chi connectivity index (χ2n) is 4.21. The van der Waals surface area contributed by atoms with Gasteiger partial charge in [-0.05, 0) is 44.2 Å². The van der Waals surface area contributed by atoms with E-state index in [4.69, 9.17) is 5.11 Å². The van der Waals surface area contributed by atoms with Crippen LogP contribution in [-0.4, -0.2) is 24.8 Å². The summed E-state index contributed by atoms with van der Waals surface area (Å²) in [5.41, 5.74) is 0. The third-order valence-corrected chi connectivity index (χ3v) is 3.19. The zero-order valence-corrected chi connectivity index (χ0v) is 8.76. The van der Waals surface area contributed by atoms with Crippen LogP contribution >= 0.6 is 0 Å². The fraction of sp³-hybridized carbons (Fsp3) is 1.00. The zero-order valence-electron chi connectivity index (χ0n) is 8.76. The molecule has 1 rings (SSSR count). The van der Waals surface area contributed by atoms with Gasteiger partial charge < -0.3 is 10.4 Å². The van der Waals surface area contributed by atoms with E-state index < -0.39 is 0 Å². The van der Waals surface area contributed by atoms with Gasteiger partial charge >= 0.3 is 0 Å². The van der Waals surface area contributed by atoms with Crippen LogP contribution in [0, 0.1) is 11.8 Å². The van der Waals surface area contributed by atoms with Crippen LogP contribution in [0.5, 0.6) is 0 Å². The van der Waals surface area contributed by atoms with E-state index in [0.717, 1.165) is 24.8 Å². The Balaban J connectivity index is 2.08. The smallest absolute Gasteiger partial charge is 0.0433 e. The molecule has 0 unspecified atom stereocenters. The Labute approximate surface area is 81.7 Å². The number of rotatable bonds is 5. The van der Waals surface area contributed by atoms with Crippen molar-refractivity contribution in [2.24, 2.45) is 11.8 Å². The summed E-state index contributed by atoms with van der Waals surface area (Å²) in [5, 5.41) is 12.2. The van der Waals surface area contributed by atoms with Crippen LogP contribution in [-0.2, 0) is 0 Å². The quantitative estimate of drug-likeness (QED) is 0.684. The number of nitrogens with one attached hydrogen (secondary N) is 1. The van der Waals surface area contributed by atoms with E-state index >= 15 is 0 Å². The normalized spacial score (nSPS) is 29.1. The Hall–Kier alpha value is -0.0800. The second-order valence-corrected chi connectivity index (χ2v) is 4.21. The van der Waals surface area contributed by atoms with Gasteiger partial charge in [0.15, 0.2) is 0 Å². The van der Waals surface area contributed by atoms with Crippen LogP contribution in [0.3, 0.4) is 0 Å². The van der Waals surface area contributed by atoms with Crippen LogP contribution < -0.4 is 5.32 Å². The molecular formula is C11H23NO. The van der Waals surface area contributed by atoms with Crippen LogP contribution in [0.4, 0.5) is 0 Å². The summed E-state index contributed by atoms with van der Waals surface area (Å²) >= 11 is 0. The van der Waals surface area contributed by atoms with E-state index in [0.29, 0.717) is 6.61 Å². The van der Waals surface area contributed by atoms with Crippen LogP contribution in [0.25, 0.3) is 0 Å². The first-order chi connectivity index (χ1) is 6.36. The maximum Gasteiger partial charge on any atom is 0.0433 e. The van der Waals surface area contributed by atoms with Gasteiger partial charge in [-0.15, -0.1) is 0 Å². The molecule has 1 aliphatic carbocycles. The molecule has 0 atom stereocenters. The van der Waals surface area contributed by atoms with E-state index in [2.05, 4.69) is 12.2 Å². The van der Waals surface area contributed by atoms with E-state index in [9.17, 15) is 0 Å². The minimum Gasteiger partial charge on any atom is -0.396 e. The van der Waals surface area contributed by atoms with E-state index in [1.807, 2.05) is 0 Å². The topological polar surface area (TPSA) is 32.3 Å². The molecule has 0 heterocycles. The summed E-state index contributed by atoms with van der Waals surface area (Å²) < 4.78 is 0. The van der Waals surface area contributed by atoms with Crippen molar-refractivity contribution in [1.29, 1.82) is 0 Å². The third-order valence-electron chi connectivity index (χ3n) is 3.19. The number of hydrogen-bond acceptors (Lipinski definition) is 2. The van der Waals surface area contributed by atoms with Gasteiger partial charge in [0.05, 0.1) is 0 Å². The average Bonchev–Trinajstić information content (AvgIpc) is 2.17. The van der Waals surface area contributed by atoms with E-state index in [1.165, 1.54) is 32.2 Å². The summed E-state index contributed by atoms with van der Waals surface area (Å²) in [4.78, 5) is 0. The van der Waals surface area contributed by atoms with Gasteiger partial charge in [-0.3, -0.25) is 0 Å². The van der Waals surface area contributed by atoms with Crippen molar-refractivity contribution in [3.05, 3.63) is 0 Å². The Kier molecular flexibility index (Phi) is 5.40. The average molecular weight is 185 g/mol. The summed E-state index contributed by atoms with van der Waals surface area (Å²) in [7, 11) is 0. The monoisotopic (exact) mass is 185 g/mol. The molecule has 0 bridgehead atoms. The zero-order chi connectivity index (χ0) is 9.52. The highest BCUT2D eigenvalue weighted by Crippen LogP contribution is 2.29. The molecule has 78 valence electrons. The van der Waals surface area contributed by atoms with Gasteiger partial charge in [-0.25, -0.2) is 0 Å². The van der Waals surface area contributed by atoms with Crippen molar-refractivity contribution in [1.82, 2.24) is 5.32 Å². The first kappa shape index (κ1) is 11.0. The van der Waals surface area contributed by atoms with Gasteiger partial charge in [-0.1, -0.05) is 19.8 Å². The highest BCUT2D eigenvalue weighted by atomic mass is 16.3. The molecule has 1 saturated carbocycles.